The molecule has 1 aliphatic rings. The molecule has 2 aromatic rings. The quantitative estimate of drug-likeness (QED) is 0.812. The van der Waals surface area contributed by atoms with Crippen molar-refractivity contribution in [2.24, 2.45) is 0 Å². The molecule has 7 heteroatoms. The summed E-state index contributed by atoms with van der Waals surface area (Å²) in [5.41, 5.74) is 1.14. The number of hydrogen-bond acceptors (Lipinski definition) is 5. The van der Waals surface area contributed by atoms with Crippen molar-refractivity contribution in [2.75, 3.05) is 6.54 Å². The van der Waals surface area contributed by atoms with Crippen molar-refractivity contribution < 1.29 is 9.32 Å². The maximum atomic E-state index is 12.6. The molecule has 0 unspecified atom stereocenters. The van der Waals surface area contributed by atoms with Gasteiger partial charge in [-0.25, -0.2) is 0 Å². The van der Waals surface area contributed by atoms with Crippen molar-refractivity contribution in [3.05, 3.63) is 29.7 Å². The molecular formula is C17H25N5O2. The van der Waals surface area contributed by atoms with Gasteiger partial charge in [0.2, 0.25) is 11.8 Å². The molecule has 1 aliphatic heterocycles. The zero-order valence-corrected chi connectivity index (χ0v) is 14.6. The van der Waals surface area contributed by atoms with Crippen molar-refractivity contribution in [1.29, 1.82) is 0 Å². The van der Waals surface area contributed by atoms with E-state index < -0.39 is 0 Å². The van der Waals surface area contributed by atoms with E-state index in [0.717, 1.165) is 31.5 Å². The molecule has 1 atom stereocenters. The first-order chi connectivity index (χ1) is 11.5. The molecule has 0 aliphatic carbocycles. The van der Waals surface area contributed by atoms with Crippen LogP contribution in [0.4, 0.5) is 0 Å². The Morgan fingerprint density at radius 2 is 2.29 bits per heavy atom. The number of aromatic nitrogens is 4. The third kappa shape index (κ3) is 3.83. The fraction of sp³-hybridized carbons (Fsp3) is 0.647. The molecule has 0 radical (unpaired) electrons. The van der Waals surface area contributed by atoms with Crippen LogP contribution >= 0.6 is 0 Å². The Hall–Kier alpha value is -2.18. The fourth-order valence-corrected chi connectivity index (χ4v) is 3.10. The summed E-state index contributed by atoms with van der Waals surface area (Å²) >= 11 is 0. The highest BCUT2D eigenvalue weighted by molar-refractivity contribution is 5.77. The van der Waals surface area contributed by atoms with Crippen LogP contribution in [-0.4, -0.2) is 43.3 Å². The molecule has 0 N–H and O–H groups in total. The van der Waals surface area contributed by atoms with E-state index >= 15 is 0 Å². The first-order valence-electron chi connectivity index (χ1n) is 8.64. The largest absolute Gasteiger partial charge is 0.339 e. The lowest BCUT2D eigenvalue weighted by Gasteiger charge is -2.24. The molecule has 3 rings (SSSR count). The molecule has 0 bridgehead atoms. The molecule has 24 heavy (non-hydrogen) atoms. The second-order valence-corrected chi connectivity index (χ2v) is 6.82. The zero-order chi connectivity index (χ0) is 17.1. The van der Waals surface area contributed by atoms with Crippen LogP contribution in [0.3, 0.4) is 0 Å². The van der Waals surface area contributed by atoms with E-state index in [0.29, 0.717) is 24.6 Å². The first-order valence-corrected chi connectivity index (χ1v) is 8.64. The Kier molecular flexibility index (Phi) is 4.97. The van der Waals surface area contributed by atoms with E-state index in [1.54, 1.807) is 0 Å². The van der Waals surface area contributed by atoms with Crippen molar-refractivity contribution in [3.8, 4) is 0 Å². The number of rotatable bonds is 6. The van der Waals surface area contributed by atoms with Crippen LogP contribution in [0.15, 0.2) is 16.9 Å². The summed E-state index contributed by atoms with van der Waals surface area (Å²) in [4.78, 5) is 18.9. The monoisotopic (exact) mass is 331 g/mol. The molecule has 1 amide bonds. The van der Waals surface area contributed by atoms with Gasteiger partial charge in [-0.1, -0.05) is 19.0 Å². The molecule has 3 heterocycles. The van der Waals surface area contributed by atoms with E-state index in [1.165, 1.54) is 0 Å². The van der Waals surface area contributed by atoms with Gasteiger partial charge in [-0.05, 0) is 25.3 Å². The minimum absolute atomic E-state index is 0.158. The number of hydrogen-bond donors (Lipinski definition) is 0. The molecule has 1 saturated heterocycles. The Balaban J connectivity index is 1.55. The van der Waals surface area contributed by atoms with Gasteiger partial charge in [0.05, 0.1) is 18.8 Å². The second kappa shape index (κ2) is 7.15. The number of likely N-dealkylation sites (tertiary alicyclic amines) is 1. The average molecular weight is 331 g/mol. The number of amides is 1. The highest BCUT2D eigenvalue weighted by Gasteiger charge is 2.29. The lowest BCUT2D eigenvalue weighted by Crippen LogP contribution is -2.38. The number of carbonyl (C=O) groups is 1. The normalized spacial score (nSPS) is 17.8. The van der Waals surface area contributed by atoms with Crippen LogP contribution in [0.25, 0.3) is 0 Å². The van der Waals surface area contributed by atoms with Gasteiger partial charge in [-0.2, -0.15) is 10.1 Å². The van der Waals surface area contributed by atoms with Gasteiger partial charge in [0.1, 0.15) is 0 Å². The lowest BCUT2D eigenvalue weighted by molar-refractivity contribution is -0.132. The van der Waals surface area contributed by atoms with Gasteiger partial charge in [0, 0.05) is 31.5 Å². The Bertz CT molecular complexity index is 691. The average Bonchev–Trinajstić information content (AvgIpc) is 3.26. The zero-order valence-electron chi connectivity index (χ0n) is 14.6. The predicted octanol–water partition coefficient (Wildman–Crippen LogP) is 2.32. The summed E-state index contributed by atoms with van der Waals surface area (Å²) in [5.74, 6) is 1.64. The minimum Gasteiger partial charge on any atom is -0.339 e. The van der Waals surface area contributed by atoms with Crippen molar-refractivity contribution in [2.45, 2.75) is 65.0 Å². The van der Waals surface area contributed by atoms with E-state index in [1.807, 2.05) is 42.7 Å². The fourth-order valence-electron chi connectivity index (χ4n) is 3.10. The summed E-state index contributed by atoms with van der Waals surface area (Å²) in [6.45, 7) is 7.65. The van der Waals surface area contributed by atoms with Crippen molar-refractivity contribution in [3.63, 3.8) is 0 Å². The molecule has 130 valence electrons. The smallest absolute Gasteiger partial charge is 0.227 e. The number of aryl methyl sites for hydroxylation is 2. The van der Waals surface area contributed by atoms with Crippen LogP contribution in [-0.2, 0) is 17.8 Å². The minimum atomic E-state index is 0.158. The van der Waals surface area contributed by atoms with Crippen molar-refractivity contribution in [1.82, 2.24) is 24.8 Å². The maximum absolute atomic E-state index is 12.6. The first kappa shape index (κ1) is 16.7. The molecule has 2 aromatic heterocycles. The highest BCUT2D eigenvalue weighted by Crippen LogP contribution is 2.20. The van der Waals surface area contributed by atoms with Gasteiger partial charge in [-0.15, -0.1) is 0 Å². The predicted molar refractivity (Wildman–Crippen MR) is 88.4 cm³/mol. The van der Waals surface area contributed by atoms with Gasteiger partial charge in [0.25, 0.3) is 0 Å². The second-order valence-electron chi connectivity index (χ2n) is 6.82. The summed E-state index contributed by atoms with van der Waals surface area (Å²) in [5, 5.41) is 8.27. The van der Waals surface area contributed by atoms with Gasteiger partial charge < -0.3 is 9.42 Å². The molecule has 1 fully saturated rings. The maximum Gasteiger partial charge on any atom is 0.227 e. The Morgan fingerprint density at radius 1 is 1.46 bits per heavy atom. The van der Waals surface area contributed by atoms with E-state index in [4.69, 9.17) is 4.52 Å². The van der Waals surface area contributed by atoms with Crippen LogP contribution < -0.4 is 0 Å². The molecule has 0 aromatic carbocycles. The number of carbonyl (C=O) groups excluding carboxylic acids is 1. The van der Waals surface area contributed by atoms with E-state index in [9.17, 15) is 4.79 Å². The molecule has 7 nitrogen and oxygen atoms in total. The van der Waals surface area contributed by atoms with Crippen LogP contribution in [0.5, 0.6) is 0 Å². The highest BCUT2D eigenvalue weighted by atomic mass is 16.5. The lowest BCUT2D eigenvalue weighted by atomic mass is 10.2. The van der Waals surface area contributed by atoms with Crippen LogP contribution in [0, 0.1) is 6.92 Å². The van der Waals surface area contributed by atoms with E-state index in [2.05, 4.69) is 15.2 Å². The SMILES string of the molecule is Cc1cnn(C[C@@H]2CCCN2C(=O)CCc2nc(C(C)C)no2)c1. The van der Waals surface area contributed by atoms with Gasteiger partial charge in [0.15, 0.2) is 5.82 Å². The summed E-state index contributed by atoms with van der Waals surface area (Å²) in [7, 11) is 0. The van der Waals surface area contributed by atoms with Gasteiger partial charge >= 0.3 is 0 Å². The van der Waals surface area contributed by atoms with Crippen LogP contribution in [0.1, 0.15) is 56.3 Å². The van der Waals surface area contributed by atoms with Crippen molar-refractivity contribution >= 4 is 5.91 Å². The van der Waals surface area contributed by atoms with E-state index in [-0.39, 0.29) is 17.9 Å². The topological polar surface area (TPSA) is 77.1 Å². The summed E-state index contributed by atoms with van der Waals surface area (Å²) < 4.78 is 7.15. The standard InChI is InChI=1S/C17H25N5O2/c1-12(2)17-19-15(24-20-17)6-7-16(23)22-8-4-5-14(22)11-21-10-13(3)9-18-21/h9-10,12,14H,4-8,11H2,1-3H3/t14-/m0/s1. The summed E-state index contributed by atoms with van der Waals surface area (Å²) in [6, 6.07) is 0.228. The Morgan fingerprint density at radius 3 is 2.96 bits per heavy atom. The molecule has 0 spiro atoms. The summed E-state index contributed by atoms with van der Waals surface area (Å²) in [6.07, 6.45) is 6.87. The third-order valence-corrected chi connectivity index (χ3v) is 4.41. The van der Waals surface area contributed by atoms with Crippen LogP contribution in [0.2, 0.25) is 0 Å². The molecule has 0 saturated carbocycles. The van der Waals surface area contributed by atoms with Gasteiger partial charge in [-0.3, -0.25) is 9.48 Å². The molecular weight excluding hydrogens is 306 g/mol. The third-order valence-electron chi connectivity index (χ3n) is 4.41. The number of nitrogens with zero attached hydrogens (tertiary/aromatic N) is 5. The Labute approximate surface area is 142 Å².